The number of sulfonamides is 1. The first-order valence-electron chi connectivity index (χ1n) is 8.45. The number of aryl methyl sites for hydroxylation is 1. The van der Waals surface area contributed by atoms with Gasteiger partial charge in [-0.05, 0) is 51.1 Å². The second kappa shape index (κ2) is 8.39. The predicted octanol–water partition coefficient (Wildman–Crippen LogP) is 3.62. The van der Waals surface area contributed by atoms with Crippen LogP contribution in [0, 0.1) is 12.7 Å². The Morgan fingerprint density at radius 1 is 1.22 bits per heavy atom. The third kappa shape index (κ3) is 4.77. The number of hydrogen-bond acceptors (Lipinski definition) is 4. The maximum Gasteiger partial charge on any atom is 0.331 e. The molecule has 2 amide bonds. The Morgan fingerprint density at radius 3 is 2.44 bits per heavy atom. The van der Waals surface area contributed by atoms with Crippen molar-refractivity contribution in [1.29, 1.82) is 0 Å². The molecule has 6 nitrogen and oxygen atoms in total. The molecule has 0 aromatic heterocycles. The van der Waals surface area contributed by atoms with Crippen LogP contribution in [0.1, 0.15) is 31.0 Å². The lowest BCUT2D eigenvalue weighted by Gasteiger charge is -2.23. The van der Waals surface area contributed by atoms with Crippen LogP contribution in [0.3, 0.4) is 0 Å². The average molecular weight is 394 g/mol. The second-order valence-electron chi connectivity index (χ2n) is 6.07. The minimum absolute atomic E-state index is 0.0131. The highest BCUT2D eigenvalue weighted by Gasteiger charge is 2.27. The van der Waals surface area contributed by atoms with Gasteiger partial charge in [-0.1, -0.05) is 17.7 Å². The van der Waals surface area contributed by atoms with Gasteiger partial charge in [-0.3, -0.25) is 0 Å². The number of nitrogens with one attached hydrogen (secondary N) is 1. The summed E-state index contributed by atoms with van der Waals surface area (Å²) in [6.07, 6.45) is 0. The summed E-state index contributed by atoms with van der Waals surface area (Å²) in [7, 11) is -2.82. The summed E-state index contributed by atoms with van der Waals surface area (Å²) in [6.45, 7) is 5.63. The van der Waals surface area contributed by atoms with Crippen LogP contribution >= 0.6 is 0 Å². The first-order valence-corrected chi connectivity index (χ1v) is 9.89. The van der Waals surface area contributed by atoms with Crippen LogP contribution in [-0.2, 0) is 10.0 Å². The standard InChI is InChI=1S/C19H23FN2O4S/c1-5-26-18-11-8-15(20)12-17(18)14(3)21-19(23)22(4)27(24,25)16-9-6-13(2)7-10-16/h6-12,14H,5H2,1-4H3,(H,21,23). The van der Waals surface area contributed by atoms with E-state index >= 15 is 0 Å². The number of carbonyl (C=O) groups is 1. The van der Waals surface area contributed by atoms with Crippen molar-refractivity contribution in [3.8, 4) is 5.75 Å². The molecule has 146 valence electrons. The van der Waals surface area contributed by atoms with E-state index in [9.17, 15) is 17.6 Å². The zero-order valence-electron chi connectivity index (χ0n) is 15.7. The average Bonchev–Trinajstić information content (AvgIpc) is 2.62. The molecule has 1 atom stereocenters. The Labute approximate surface area is 159 Å². The number of halogens is 1. The third-order valence-electron chi connectivity index (χ3n) is 4.04. The highest BCUT2D eigenvalue weighted by molar-refractivity contribution is 7.89. The second-order valence-corrected chi connectivity index (χ2v) is 8.04. The zero-order valence-corrected chi connectivity index (χ0v) is 16.5. The molecule has 0 fully saturated rings. The Hall–Kier alpha value is -2.61. The summed E-state index contributed by atoms with van der Waals surface area (Å²) in [4.78, 5) is 12.5. The predicted molar refractivity (Wildman–Crippen MR) is 101 cm³/mol. The maximum atomic E-state index is 13.6. The highest BCUT2D eigenvalue weighted by atomic mass is 32.2. The van der Waals surface area contributed by atoms with E-state index in [1.807, 2.05) is 6.92 Å². The van der Waals surface area contributed by atoms with Crippen LogP contribution in [0.15, 0.2) is 47.4 Å². The number of ether oxygens (including phenoxy) is 1. The van der Waals surface area contributed by atoms with Crippen molar-refractivity contribution in [3.63, 3.8) is 0 Å². The number of urea groups is 1. The van der Waals surface area contributed by atoms with Crippen molar-refractivity contribution in [1.82, 2.24) is 9.62 Å². The molecule has 0 radical (unpaired) electrons. The molecule has 1 unspecified atom stereocenters. The lowest BCUT2D eigenvalue weighted by Crippen LogP contribution is -2.42. The molecule has 0 saturated heterocycles. The fraction of sp³-hybridized carbons (Fsp3) is 0.316. The van der Waals surface area contributed by atoms with Gasteiger partial charge in [0, 0.05) is 12.6 Å². The number of benzene rings is 2. The van der Waals surface area contributed by atoms with Gasteiger partial charge in [0.15, 0.2) is 0 Å². The zero-order chi connectivity index (χ0) is 20.2. The Bertz CT molecular complexity index is 914. The first kappa shape index (κ1) is 20.7. The van der Waals surface area contributed by atoms with Crippen LogP contribution in [0.25, 0.3) is 0 Å². The van der Waals surface area contributed by atoms with Crippen LogP contribution in [-0.4, -0.2) is 32.4 Å². The van der Waals surface area contributed by atoms with E-state index in [1.165, 1.54) is 37.4 Å². The minimum atomic E-state index is -4.00. The molecule has 0 saturated carbocycles. The van der Waals surface area contributed by atoms with Crippen molar-refractivity contribution < 1.29 is 22.3 Å². The number of nitrogens with zero attached hydrogens (tertiary/aromatic N) is 1. The smallest absolute Gasteiger partial charge is 0.331 e. The molecule has 0 heterocycles. The molecular formula is C19H23FN2O4S. The molecule has 1 N–H and O–H groups in total. The minimum Gasteiger partial charge on any atom is -0.494 e. The summed E-state index contributed by atoms with van der Waals surface area (Å²) >= 11 is 0. The van der Waals surface area contributed by atoms with E-state index < -0.39 is 27.9 Å². The van der Waals surface area contributed by atoms with Gasteiger partial charge in [-0.2, -0.15) is 0 Å². The lowest BCUT2D eigenvalue weighted by molar-refractivity contribution is 0.224. The molecule has 8 heteroatoms. The van der Waals surface area contributed by atoms with Crippen molar-refractivity contribution in [2.75, 3.05) is 13.7 Å². The van der Waals surface area contributed by atoms with Crippen molar-refractivity contribution in [2.24, 2.45) is 0 Å². The molecule has 2 aromatic rings. The molecule has 27 heavy (non-hydrogen) atoms. The summed E-state index contributed by atoms with van der Waals surface area (Å²) in [5.41, 5.74) is 1.33. The van der Waals surface area contributed by atoms with E-state index in [0.717, 1.165) is 5.56 Å². The first-order chi connectivity index (χ1) is 12.7. The lowest BCUT2D eigenvalue weighted by atomic mass is 10.1. The largest absolute Gasteiger partial charge is 0.494 e. The summed E-state index contributed by atoms with van der Waals surface area (Å²) in [5.74, 6) is -0.0501. The molecule has 0 spiro atoms. The van der Waals surface area contributed by atoms with Crippen molar-refractivity contribution in [2.45, 2.75) is 31.7 Å². The van der Waals surface area contributed by atoms with Crippen LogP contribution in [0.5, 0.6) is 5.75 Å². The molecular weight excluding hydrogens is 371 g/mol. The van der Waals surface area contributed by atoms with Gasteiger partial charge in [0.25, 0.3) is 10.0 Å². The normalized spacial score (nSPS) is 12.3. The topological polar surface area (TPSA) is 75.7 Å². The van der Waals surface area contributed by atoms with Crippen molar-refractivity contribution in [3.05, 3.63) is 59.4 Å². The fourth-order valence-corrected chi connectivity index (χ4v) is 3.54. The van der Waals surface area contributed by atoms with E-state index in [-0.39, 0.29) is 4.90 Å². The fourth-order valence-electron chi connectivity index (χ4n) is 2.48. The Kier molecular flexibility index (Phi) is 6.43. The maximum absolute atomic E-state index is 13.6. The monoisotopic (exact) mass is 394 g/mol. The number of hydrogen-bond donors (Lipinski definition) is 1. The van der Waals surface area contributed by atoms with Gasteiger partial charge in [0.1, 0.15) is 11.6 Å². The number of carbonyl (C=O) groups excluding carboxylic acids is 1. The van der Waals surface area contributed by atoms with E-state index in [1.54, 1.807) is 26.0 Å². The molecule has 0 bridgehead atoms. The summed E-state index contributed by atoms with van der Waals surface area (Å²) < 4.78 is 44.9. The molecule has 2 rings (SSSR count). The number of rotatable bonds is 6. The van der Waals surface area contributed by atoms with Gasteiger partial charge in [-0.25, -0.2) is 21.9 Å². The van der Waals surface area contributed by atoms with Crippen LogP contribution in [0.2, 0.25) is 0 Å². The van der Waals surface area contributed by atoms with Crippen molar-refractivity contribution >= 4 is 16.1 Å². The summed E-state index contributed by atoms with van der Waals surface area (Å²) in [6, 6.07) is 8.70. The van der Waals surface area contributed by atoms with Gasteiger partial charge in [0.2, 0.25) is 0 Å². The molecule has 0 aliphatic heterocycles. The van der Waals surface area contributed by atoms with E-state index in [0.29, 0.717) is 22.2 Å². The van der Waals surface area contributed by atoms with Gasteiger partial charge in [-0.15, -0.1) is 0 Å². The van der Waals surface area contributed by atoms with E-state index in [4.69, 9.17) is 4.74 Å². The Morgan fingerprint density at radius 2 is 1.85 bits per heavy atom. The third-order valence-corrected chi connectivity index (χ3v) is 5.80. The SMILES string of the molecule is CCOc1ccc(F)cc1C(C)NC(=O)N(C)S(=O)(=O)c1ccc(C)cc1. The Balaban J connectivity index is 2.21. The van der Waals surface area contributed by atoms with E-state index in [2.05, 4.69) is 5.32 Å². The van der Waals surface area contributed by atoms with Crippen LogP contribution in [0.4, 0.5) is 9.18 Å². The number of amides is 2. The van der Waals surface area contributed by atoms with Crippen LogP contribution < -0.4 is 10.1 Å². The van der Waals surface area contributed by atoms with Gasteiger partial charge in [0.05, 0.1) is 17.5 Å². The molecule has 0 aliphatic rings. The quantitative estimate of drug-likeness (QED) is 0.812. The van der Waals surface area contributed by atoms with Gasteiger partial charge >= 0.3 is 6.03 Å². The van der Waals surface area contributed by atoms with Gasteiger partial charge < -0.3 is 10.1 Å². The molecule has 2 aromatic carbocycles. The molecule has 0 aliphatic carbocycles. The highest BCUT2D eigenvalue weighted by Crippen LogP contribution is 2.26. The summed E-state index contributed by atoms with van der Waals surface area (Å²) in [5, 5.41) is 2.57.